The molecule has 2 rings (SSSR count). The second-order valence-electron chi connectivity index (χ2n) is 5.92. The van der Waals surface area contributed by atoms with Gasteiger partial charge in [-0.15, -0.1) is 0 Å². The summed E-state index contributed by atoms with van der Waals surface area (Å²) in [6, 6.07) is 10.6. The van der Waals surface area contributed by atoms with Gasteiger partial charge in [0, 0.05) is 12.6 Å². The Bertz CT molecular complexity index is 441. The van der Waals surface area contributed by atoms with Gasteiger partial charge < -0.3 is 5.11 Å². The number of carboxylic acids is 1. The van der Waals surface area contributed by atoms with Crippen molar-refractivity contribution in [2.75, 3.05) is 20.1 Å². The maximum Gasteiger partial charge on any atom is 0.320 e. The molecule has 116 valence electrons. The molecule has 0 spiro atoms. The normalized spacial score (nSPS) is 18.8. The molecule has 1 fully saturated rings. The van der Waals surface area contributed by atoms with Gasteiger partial charge in [-0.3, -0.25) is 14.6 Å². The fourth-order valence-electron chi connectivity index (χ4n) is 3.22. The second-order valence-corrected chi connectivity index (χ2v) is 5.92. The largest absolute Gasteiger partial charge is 0.480 e. The van der Waals surface area contributed by atoms with Crippen LogP contribution in [0.2, 0.25) is 0 Å². The summed E-state index contributed by atoms with van der Waals surface area (Å²) in [6.07, 6.45) is 2.76. The first-order valence-electron chi connectivity index (χ1n) is 7.82. The van der Waals surface area contributed by atoms with Crippen molar-refractivity contribution in [3.63, 3.8) is 0 Å². The molecule has 4 nitrogen and oxygen atoms in total. The van der Waals surface area contributed by atoms with E-state index < -0.39 is 5.97 Å². The topological polar surface area (TPSA) is 43.8 Å². The van der Waals surface area contributed by atoms with Crippen LogP contribution in [0.5, 0.6) is 0 Å². The van der Waals surface area contributed by atoms with E-state index in [1.165, 1.54) is 5.56 Å². The molecule has 1 aromatic carbocycles. The molecule has 1 aromatic rings. The molecular weight excluding hydrogens is 264 g/mol. The zero-order valence-electron chi connectivity index (χ0n) is 13.0. The minimum absolute atomic E-state index is 0.351. The monoisotopic (exact) mass is 290 g/mol. The molecule has 1 aliphatic heterocycles. The SMILES string of the molecule is CCC(C(=O)O)N(C)C1CCN(Cc2ccccc2)CC1. The Balaban J connectivity index is 1.84. The van der Waals surface area contributed by atoms with Crippen LogP contribution in [0.3, 0.4) is 0 Å². The molecule has 0 bridgehead atoms. The summed E-state index contributed by atoms with van der Waals surface area (Å²) in [5, 5.41) is 9.27. The van der Waals surface area contributed by atoms with Crippen molar-refractivity contribution in [2.24, 2.45) is 0 Å². The Kier molecular flexibility index (Phi) is 5.76. The number of carboxylic acid groups (broad SMARTS) is 1. The van der Waals surface area contributed by atoms with Crippen LogP contribution in [0, 0.1) is 0 Å². The summed E-state index contributed by atoms with van der Waals surface area (Å²) < 4.78 is 0. The van der Waals surface area contributed by atoms with Crippen molar-refractivity contribution in [3.05, 3.63) is 35.9 Å². The molecule has 1 heterocycles. The zero-order valence-corrected chi connectivity index (χ0v) is 13.0. The van der Waals surface area contributed by atoms with Crippen LogP contribution >= 0.6 is 0 Å². The van der Waals surface area contributed by atoms with E-state index in [2.05, 4.69) is 34.1 Å². The lowest BCUT2D eigenvalue weighted by Crippen LogP contribution is -2.49. The van der Waals surface area contributed by atoms with Gasteiger partial charge in [-0.25, -0.2) is 0 Å². The van der Waals surface area contributed by atoms with E-state index in [0.717, 1.165) is 32.5 Å². The highest BCUT2D eigenvalue weighted by Gasteiger charge is 2.29. The van der Waals surface area contributed by atoms with Gasteiger partial charge in [0.15, 0.2) is 0 Å². The lowest BCUT2D eigenvalue weighted by molar-refractivity contribution is -0.144. The minimum Gasteiger partial charge on any atom is -0.480 e. The molecule has 1 atom stereocenters. The molecule has 1 unspecified atom stereocenters. The van der Waals surface area contributed by atoms with Gasteiger partial charge in [0.25, 0.3) is 0 Å². The molecule has 4 heteroatoms. The number of aliphatic carboxylic acids is 1. The van der Waals surface area contributed by atoms with Crippen molar-refractivity contribution in [3.8, 4) is 0 Å². The van der Waals surface area contributed by atoms with Crippen LogP contribution in [0.15, 0.2) is 30.3 Å². The van der Waals surface area contributed by atoms with Crippen LogP contribution in [0.1, 0.15) is 31.7 Å². The molecule has 0 aliphatic carbocycles. The first kappa shape index (κ1) is 16.0. The van der Waals surface area contributed by atoms with Gasteiger partial charge in [0.1, 0.15) is 6.04 Å². The zero-order chi connectivity index (χ0) is 15.2. The van der Waals surface area contributed by atoms with Crippen molar-refractivity contribution in [2.45, 2.75) is 44.8 Å². The molecule has 21 heavy (non-hydrogen) atoms. The standard InChI is InChI=1S/C17H26N2O2/c1-3-16(17(20)21)18(2)15-9-11-19(12-10-15)13-14-7-5-4-6-8-14/h4-8,15-16H,3,9-13H2,1-2H3,(H,20,21). The number of likely N-dealkylation sites (tertiary alicyclic amines) is 1. The van der Waals surface area contributed by atoms with Crippen molar-refractivity contribution < 1.29 is 9.90 Å². The van der Waals surface area contributed by atoms with Crippen LogP contribution in [-0.4, -0.2) is 53.1 Å². The third-order valence-corrected chi connectivity index (χ3v) is 4.55. The Morgan fingerprint density at radius 1 is 1.33 bits per heavy atom. The number of benzene rings is 1. The van der Waals surface area contributed by atoms with Crippen molar-refractivity contribution >= 4 is 5.97 Å². The average Bonchev–Trinajstić information content (AvgIpc) is 2.49. The molecule has 1 N–H and O–H groups in total. The smallest absolute Gasteiger partial charge is 0.320 e. The first-order valence-corrected chi connectivity index (χ1v) is 7.82. The van der Waals surface area contributed by atoms with Crippen LogP contribution in [0.4, 0.5) is 0 Å². The minimum atomic E-state index is -0.702. The molecule has 0 radical (unpaired) electrons. The number of rotatable bonds is 6. The highest BCUT2D eigenvalue weighted by molar-refractivity contribution is 5.73. The summed E-state index contributed by atoms with van der Waals surface area (Å²) in [6.45, 7) is 5.02. The maximum absolute atomic E-state index is 11.3. The fourth-order valence-corrected chi connectivity index (χ4v) is 3.22. The lowest BCUT2D eigenvalue weighted by atomic mass is 10.0. The number of carbonyl (C=O) groups is 1. The van der Waals surface area contributed by atoms with E-state index in [1.807, 2.05) is 20.0 Å². The number of nitrogens with zero attached hydrogens (tertiary/aromatic N) is 2. The van der Waals surface area contributed by atoms with Gasteiger partial charge >= 0.3 is 5.97 Å². The van der Waals surface area contributed by atoms with E-state index in [0.29, 0.717) is 12.5 Å². The highest BCUT2D eigenvalue weighted by atomic mass is 16.4. The summed E-state index contributed by atoms with van der Waals surface area (Å²) in [5.74, 6) is -0.702. The number of piperidine rings is 1. The van der Waals surface area contributed by atoms with Gasteiger partial charge in [-0.05, 0) is 45.0 Å². The van der Waals surface area contributed by atoms with Crippen LogP contribution in [0.25, 0.3) is 0 Å². The van der Waals surface area contributed by atoms with E-state index in [1.54, 1.807) is 0 Å². The summed E-state index contributed by atoms with van der Waals surface area (Å²) in [4.78, 5) is 15.8. The number of hydrogen-bond donors (Lipinski definition) is 1. The van der Waals surface area contributed by atoms with E-state index in [4.69, 9.17) is 0 Å². The molecule has 0 aromatic heterocycles. The van der Waals surface area contributed by atoms with Gasteiger partial charge in [0.05, 0.1) is 0 Å². The Morgan fingerprint density at radius 2 is 1.95 bits per heavy atom. The van der Waals surface area contributed by atoms with Crippen LogP contribution < -0.4 is 0 Å². The fraction of sp³-hybridized carbons (Fsp3) is 0.588. The lowest BCUT2D eigenvalue weighted by Gasteiger charge is -2.39. The first-order chi connectivity index (χ1) is 10.1. The average molecular weight is 290 g/mol. The summed E-state index contributed by atoms with van der Waals surface area (Å²) >= 11 is 0. The quantitative estimate of drug-likeness (QED) is 0.874. The highest BCUT2D eigenvalue weighted by Crippen LogP contribution is 2.20. The van der Waals surface area contributed by atoms with E-state index in [-0.39, 0.29) is 6.04 Å². The number of hydrogen-bond acceptors (Lipinski definition) is 3. The molecule has 1 saturated heterocycles. The molecule has 1 aliphatic rings. The second kappa shape index (κ2) is 7.57. The maximum atomic E-state index is 11.3. The Labute approximate surface area is 127 Å². The predicted molar refractivity (Wildman–Crippen MR) is 84.2 cm³/mol. The number of likely N-dealkylation sites (N-methyl/N-ethyl adjacent to an activating group) is 1. The molecule has 0 saturated carbocycles. The summed E-state index contributed by atoms with van der Waals surface area (Å²) in [5.41, 5.74) is 1.35. The third kappa shape index (κ3) is 4.29. The predicted octanol–water partition coefficient (Wildman–Crippen LogP) is 2.45. The summed E-state index contributed by atoms with van der Waals surface area (Å²) in [7, 11) is 1.96. The van der Waals surface area contributed by atoms with E-state index >= 15 is 0 Å². The molecular formula is C17H26N2O2. The Hall–Kier alpha value is -1.39. The van der Waals surface area contributed by atoms with E-state index in [9.17, 15) is 9.90 Å². The Morgan fingerprint density at radius 3 is 2.48 bits per heavy atom. The van der Waals surface area contributed by atoms with Gasteiger partial charge in [-0.1, -0.05) is 37.3 Å². The van der Waals surface area contributed by atoms with Crippen molar-refractivity contribution in [1.82, 2.24) is 9.80 Å². The van der Waals surface area contributed by atoms with Gasteiger partial charge in [-0.2, -0.15) is 0 Å². The van der Waals surface area contributed by atoms with Crippen molar-refractivity contribution in [1.29, 1.82) is 0 Å². The van der Waals surface area contributed by atoms with Gasteiger partial charge in [0.2, 0.25) is 0 Å². The third-order valence-electron chi connectivity index (χ3n) is 4.55. The molecule has 0 amide bonds. The van der Waals surface area contributed by atoms with Crippen LogP contribution in [-0.2, 0) is 11.3 Å².